The van der Waals surface area contributed by atoms with Gasteiger partial charge in [-0.25, -0.2) is 4.98 Å². The van der Waals surface area contributed by atoms with Crippen molar-refractivity contribution in [2.75, 3.05) is 18.8 Å². The van der Waals surface area contributed by atoms with Crippen LogP contribution in [0.4, 0.5) is 5.82 Å². The maximum atomic E-state index is 12.5. The Morgan fingerprint density at radius 1 is 1.45 bits per heavy atom. The summed E-state index contributed by atoms with van der Waals surface area (Å²) >= 11 is 0. The molecule has 1 aliphatic rings. The van der Waals surface area contributed by atoms with E-state index in [1.807, 2.05) is 35.2 Å². The summed E-state index contributed by atoms with van der Waals surface area (Å²) in [6, 6.07) is 9.60. The number of hydrogen-bond donors (Lipinski definition) is 1. The van der Waals surface area contributed by atoms with Gasteiger partial charge in [-0.1, -0.05) is 37.6 Å². The van der Waals surface area contributed by atoms with Gasteiger partial charge in [0, 0.05) is 18.5 Å². The smallest absolute Gasteiger partial charge is 0.272 e. The zero-order valence-corrected chi connectivity index (χ0v) is 11.7. The van der Waals surface area contributed by atoms with Crippen LogP contribution in [-0.4, -0.2) is 28.9 Å². The number of nitrogens with zero attached hydrogens (tertiary/aromatic N) is 2. The van der Waals surface area contributed by atoms with Crippen LogP contribution in [0.2, 0.25) is 0 Å². The van der Waals surface area contributed by atoms with Gasteiger partial charge in [-0.15, -0.1) is 0 Å². The quantitative estimate of drug-likeness (QED) is 0.911. The zero-order valence-electron chi connectivity index (χ0n) is 11.7. The molecular formula is C16H19N3O. The van der Waals surface area contributed by atoms with Crippen molar-refractivity contribution in [2.45, 2.75) is 19.8 Å². The minimum Gasteiger partial charge on any atom is -0.383 e. The predicted molar refractivity (Wildman–Crippen MR) is 80.5 cm³/mol. The lowest BCUT2D eigenvalue weighted by Gasteiger charge is -2.16. The van der Waals surface area contributed by atoms with Crippen molar-refractivity contribution in [1.29, 1.82) is 0 Å². The summed E-state index contributed by atoms with van der Waals surface area (Å²) in [5, 5.41) is 1.87. The second kappa shape index (κ2) is 5.12. The maximum absolute atomic E-state index is 12.5. The minimum absolute atomic E-state index is 0.00148. The van der Waals surface area contributed by atoms with Gasteiger partial charge in [-0.3, -0.25) is 4.79 Å². The predicted octanol–water partition coefficient (Wildman–Crippen LogP) is 2.69. The lowest BCUT2D eigenvalue weighted by Crippen LogP contribution is -2.29. The summed E-state index contributed by atoms with van der Waals surface area (Å²) < 4.78 is 0. The summed E-state index contributed by atoms with van der Waals surface area (Å²) in [4.78, 5) is 18.7. The molecule has 20 heavy (non-hydrogen) atoms. The van der Waals surface area contributed by atoms with E-state index in [1.165, 1.54) is 0 Å². The number of carbonyl (C=O) groups is 1. The highest BCUT2D eigenvalue weighted by atomic mass is 16.2. The summed E-state index contributed by atoms with van der Waals surface area (Å²) in [5.74, 6) is 1.05. The monoisotopic (exact) mass is 269 g/mol. The number of carbonyl (C=O) groups excluding carboxylic acids is 1. The van der Waals surface area contributed by atoms with E-state index >= 15 is 0 Å². The third-order valence-electron chi connectivity index (χ3n) is 4.14. The number of hydrogen-bond acceptors (Lipinski definition) is 3. The lowest BCUT2D eigenvalue weighted by atomic mass is 10.1. The molecule has 2 N–H and O–H groups in total. The van der Waals surface area contributed by atoms with Crippen molar-refractivity contribution >= 4 is 22.5 Å². The SMILES string of the molecule is CCC1CCN(C(=O)c2cc3ccccc3c(N)n2)C1. The van der Waals surface area contributed by atoms with Crippen molar-refractivity contribution in [3.05, 3.63) is 36.0 Å². The number of anilines is 1. The van der Waals surface area contributed by atoms with Crippen molar-refractivity contribution in [3.63, 3.8) is 0 Å². The standard InChI is InChI=1S/C16H19N3O/c1-2-11-7-8-19(10-11)16(20)14-9-12-5-3-4-6-13(12)15(17)18-14/h3-6,9,11H,2,7-8,10H2,1H3,(H2,17,18). The first kappa shape index (κ1) is 12.9. The molecule has 4 nitrogen and oxygen atoms in total. The largest absolute Gasteiger partial charge is 0.383 e. The molecule has 1 aromatic carbocycles. The lowest BCUT2D eigenvalue weighted by molar-refractivity contribution is 0.0781. The zero-order chi connectivity index (χ0) is 14.1. The van der Waals surface area contributed by atoms with Gasteiger partial charge in [-0.2, -0.15) is 0 Å². The summed E-state index contributed by atoms with van der Waals surface area (Å²) in [7, 11) is 0. The van der Waals surface area contributed by atoms with E-state index in [2.05, 4.69) is 11.9 Å². The fourth-order valence-electron chi connectivity index (χ4n) is 2.85. The number of fused-ring (bicyclic) bond motifs is 1. The third kappa shape index (κ3) is 2.22. The van der Waals surface area contributed by atoms with Gasteiger partial charge in [0.05, 0.1) is 0 Å². The highest BCUT2D eigenvalue weighted by Gasteiger charge is 2.26. The number of nitrogen functional groups attached to an aromatic ring is 1. The van der Waals surface area contributed by atoms with Crippen LogP contribution in [0.3, 0.4) is 0 Å². The number of benzene rings is 1. The Kier molecular flexibility index (Phi) is 3.30. The first-order valence-electron chi connectivity index (χ1n) is 7.13. The van der Waals surface area contributed by atoms with Crippen LogP contribution in [0, 0.1) is 5.92 Å². The Bertz CT molecular complexity index is 653. The van der Waals surface area contributed by atoms with Crippen LogP contribution >= 0.6 is 0 Å². The van der Waals surface area contributed by atoms with Gasteiger partial charge < -0.3 is 10.6 Å². The molecular weight excluding hydrogens is 250 g/mol. The summed E-state index contributed by atoms with van der Waals surface area (Å²) in [6.07, 6.45) is 2.21. The molecule has 0 radical (unpaired) electrons. The molecule has 0 saturated carbocycles. The Morgan fingerprint density at radius 3 is 3.00 bits per heavy atom. The molecule has 2 aromatic rings. The van der Waals surface area contributed by atoms with E-state index in [-0.39, 0.29) is 5.91 Å². The van der Waals surface area contributed by atoms with Crippen LogP contribution in [0.1, 0.15) is 30.3 Å². The first-order valence-corrected chi connectivity index (χ1v) is 7.13. The summed E-state index contributed by atoms with van der Waals surface area (Å²) in [5.41, 5.74) is 6.42. The van der Waals surface area contributed by atoms with Gasteiger partial charge in [0.25, 0.3) is 5.91 Å². The summed E-state index contributed by atoms with van der Waals surface area (Å²) in [6.45, 7) is 3.83. The molecule has 104 valence electrons. The Hall–Kier alpha value is -2.10. The molecule has 1 fully saturated rings. The normalized spacial score (nSPS) is 18.6. The van der Waals surface area contributed by atoms with Gasteiger partial charge in [-0.05, 0) is 23.8 Å². The van der Waals surface area contributed by atoms with E-state index < -0.39 is 0 Å². The molecule has 2 heterocycles. The Balaban J connectivity index is 1.92. The van der Waals surface area contributed by atoms with Crippen LogP contribution in [0.15, 0.2) is 30.3 Å². The third-order valence-corrected chi connectivity index (χ3v) is 4.14. The molecule has 0 bridgehead atoms. The molecule has 3 rings (SSSR count). The first-order chi connectivity index (χ1) is 9.69. The average molecular weight is 269 g/mol. The second-order valence-electron chi connectivity index (χ2n) is 5.43. The van der Waals surface area contributed by atoms with E-state index in [1.54, 1.807) is 0 Å². The highest BCUT2D eigenvalue weighted by Crippen LogP contribution is 2.24. The molecule has 1 saturated heterocycles. The molecule has 1 amide bonds. The van der Waals surface area contributed by atoms with Crippen molar-refractivity contribution in [2.24, 2.45) is 5.92 Å². The van der Waals surface area contributed by atoms with E-state index in [4.69, 9.17) is 5.73 Å². The number of likely N-dealkylation sites (tertiary alicyclic amines) is 1. The molecule has 1 unspecified atom stereocenters. The molecule has 1 atom stereocenters. The van der Waals surface area contributed by atoms with Crippen molar-refractivity contribution in [3.8, 4) is 0 Å². The number of aromatic nitrogens is 1. The van der Waals surface area contributed by atoms with Crippen LogP contribution < -0.4 is 5.73 Å². The van der Waals surface area contributed by atoms with E-state index in [0.29, 0.717) is 17.4 Å². The molecule has 1 aliphatic heterocycles. The van der Waals surface area contributed by atoms with Gasteiger partial charge >= 0.3 is 0 Å². The highest BCUT2D eigenvalue weighted by molar-refractivity contribution is 5.99. The topological polar surface area (TPSA) is 59.2 Å². The molecule has 4 heteroatoms. The minimum atomic E-state index is -0.00148. The van der Waals surface area contributed by atoms with E-state index in [9.17, 15) is 4.79 Å². The molecule has 0 spiro atoms. The maximum Gasteiger partial charge on any atom is 0.272 e. The number of nitrogens with two attached hydrogens (primary N) is 1. The average Bonchev–Trinajstić information content (AvgIpc) is 2.95. The van der Waals surface area contributed by atoms with Crippen LogP contribution in [-0.2, 0) is 0 Å². The Labute approximate surface area is 118 Å². The molecule has 1 aromatic heterocycles. The van der Waals surface area contributed by atoms with Crippen LogP contribution in [0.5, 0.6) is 0 Å². The number of rotatable bonds is 2. The van der Waals surface area contributed by atoms with Gasteiger partial charge in [0.1, 0.15) is 11.5 Å². The fourth-order valence-corrected chi connectivity index (χ4v) is 2.85. The van der Waals surface area contributed by atoms with Gasteiger partial charge in [0.15, 0.2) is 0 Å². The van der Waals surface area contributed by atoms with Crippen molar-refractivity contribution in [1.82, 2.24) is 9.88 Å². The Morgan fingerprint density at radius 2 is 2.25 bits per heavy atom. The van der Waals surface area contributed by atoms with Gasteiger partial charge in [0.2, 0.25) is 0 Å². The second-order valence-corrected chi connectivity index (χ2v) is 5.43. The fraction of sp³-hybridized carbons (Fsp3) is 0.375. The number of pyridine rings is 1. The number of amides is 1. The van der Waals surface area contributed by atoms with Crippen LogP contribution in [0.25, 0.3) is 10.8 Å². The van der Waals surface area contributed by atoms with Crippen molar-refractivity contribution < 1.29 is 4.79 Å². The molecule has 0 aliphatic carbocycles. The van der Waals surface area contributed by atoms with E-state index in [0.717, 1.165) is 36.7 Å².